The maximum absolute atomic E-state index is 15.3. The van der Waals surface area contributed by atoms with Gasteiger partial charge in [-0.05, 0) is 60.6 Å². The summed E-state index contributed by atoms with van der Waals surface area (Å²) in [6.07, 6.45) is 3.86. The summed E-state index contributed by atoms with van der Waals surface area (Å²) in [7, 11) is 2.55. The van der Waals surface area contributed by atoms with E-state index in [0.29, 0.717) is 5.56 Å². The molecule has 288 valence electrons. The molecule has 2 saturated heterocycles. The molecule has 0 unspecified atom stereocenters. The number of benzene rings is 3. The normalized spacial score (nSPS) is 27.4. The van der Waals surface area contributed by atoms with E-state index >= 15 is 8.78 Å². The number of anilines is 1. The number of phenolic OH excluding ortho intramolecular Hbond substituents is 2. The maximum atomic E-state index is 15.3. The van der Waals surface area contributed by atoms with E-state index in [0.717, 1.165) is 4.90 Å². The number of methoxy groups -OCH3 is 2. The molecule has 2 heterocycles. The van der Waals surface area contributed by atoms with E-state index in [2.05, 4.69) is 0 Å². The van der Waals surface area contributed by atoms with Crippen LogP contribution < -0.4 is 14.4 Å². The molecule has 3 aromatic rings. The molecule has 7 rings (SSSR count). The summed E-state index contributed by atoms with van der Waals surface area (Å²) in [5.74, 6) is -21.7. The van der Waals surface area contributed by atoms with Gasteiger partial charge in [-0.25, -0.2) is 26.9 Å². The summed E-state index contributed by atoms with van der Waals surface area (Å²) in [6.45, 7) is -0.0394. The molecular formula is C38H29Cl2F5N2O8. The molecule has 17 heteroatoms. The monoisotopic (exact) mass is 806 g/mol. The van der Waals surface area contributed by atoms with Gasteiger partial charge < -0.3 is 19.7 Å². The summed E-state index contributed by atoms with van der Waals surface area (Å²) in [5, 5.41) is 20.1. The Bertz CT molecular complexity index is 2200. The minimum absolute atomic E-state index is 0.0201. The van der Waals surface area contributed by atoms with Crippen molar-refractivity contribution < 1.29 is 60.8 Å². The number of allylic oxidation sites excluding steroid dienone is 3. The smallest absolute Gasteiger partial charge is 0.258 e. The topological polar surface area (TPSA) is 134 Å². The Labute approximate surface area is 319 Å². The van der Waals surface area contributed by atoms with Crippen molar-refractivity contribution >= 4 is 58.6 Å². The van der Waals surface area contributed by atoms with Crippen LogP contribution in [0.15, 0.2) is 54.1 Å². The fourth-order valence-electron chi connectivity index (χ4n) is 8.22. The van der Waals surface area contributed by atoms with Crippen molar-refractivity contribution in [1.29, 1.82) is 0 Å². The summed E-state index contributed by atoms with van der Waals surface area (Å²) in [5.41, 5.74) is -0.612. The van der Waals surface area contributed by atoms with Gasteiger partial charge in [-0.15, -0.1) is 23.2 Å². The van der Waals surface area contributed by atoms with Gasteiger partial charge in [0.05, 0.1) is 26.1 Å². The molecule has 0 spiro atoms. The molecule has 0 aromatic heterocycles. The van der Waals surface area contributed by atoms with Crippen LogP contribution in [0.4, 0.5) is 27.6 Å². The number of alkyl halides is 2. The molecule has 2 aliphatic carbocycles. The van der Waals surface area contributed by atoms with E-state index in [9.17, 15) is 42.6 Å². The lowest BCUT2D eigenvalue weighted by Gasteiger charge is -2.49. The van der Waals surface area contributed by atoms with Gasteiger partial charge in [0.2, 0.25) is 23.4 Å². The zero-order chi connectivity index (χ0) is 39.9. The minimum Gasteiger partial charge on any atom is -0.508 e. The van der Waals surface area contributed by atoms with Crippen molar-refractivity contribution in [3.8, 4) is 23.0 Å². The molecular weight excluding hydrogens is 778 g/mol. The number of hydrogen-bond acceptors (Lipinski definition) is 8. The summed E-state index contributed by atoms with van der Waals surface area (Å²) >= 11 is 14.2. The Hall–Kier alpha value is -5.15. The van der Waals surface area contributed by atoms with Gasteiger partial charge >= 0.3 is 0 Å². The van der Waals surface area contributed by atoms with Crippen LogP contribution >= 0.6 is 23.2 Å². The number of fused-ring (bicyclic) bond motifs is 4. The highest BCUT2D eigenvalue weighted by Gasteiger charge is 2.76. The largest absolute Gasteiger partial charge is 0.508 e. The average molecular weight is 808 g/mol. The average Bonchev–Trinajstić information content (AvgIpc) is 3.50. The molecule has 0 radical (unpaired) electrons. The number of nitrogens with zero attached hydrogens (tertiary/aromatic N) is 2. The highest BCUT2D eigenvalue weighted by atomic mass is 35.5. The molecule has 6 atom stereocenters. The van der Waals surface area contributed by atoms with Gasteiger partial charge in [0.1, 0.15) is 11.4 Å². The van der Waals surface area contributed by atoms with Crippen LogP contribution in [0.3, 0.4) is 0 Å². The lowest BCUT2D eigenvalue weighted by atomic mass is 9.57. The number of rotatable bonds is 8. The molecule has 10 nitrogen and oxygen atoms in total. The van der Waals surface area contributed by atoms with Gasteiger partial charge in [-0.3, -0.25) is 24.1 Å². The Morgan fingerprint density at radius 1 is 0.836 bits per heavy atom. The molecule has 0 bridgehead atoms. The molecule has 2 aliphatic heterocycles. The quantitative estimate of drug-likeness (QED) is 0.0691. The zero-order valence-electron chi connectivity index (χ0n) is 28.7. The first kappa shape index (κ1) is 38.1. The Morgan fingerprint density at radius 2 is 1.42 bits per heavy atom. The van der Waals surface area contributed by atoms with Gasteiger partial charge in [0.15, 0.2) is 44.5 Å². The number of hydrogen-bond donors (Lipinski definition) is 2. The summed E-state index contributed by atoms with van der Waals surface area (Å²) in [6, 6.07) is 8.91. The molecule has 2 N–H and O–H groups in total. The molecule has 4 amide bonds. The van der Waals surface area contributed by atoms with Crippen LogP contribution in [0, 0.1) is 52.8 Å². The number of carbonyl (C=O) groups is 4. The lowest BCUT2D eigenvalue weighted by Crippen LogP contribution is -2.60. The van der Waals surface area contributed by atoms with Crippen molar-refractivity contribution in [1.82, 2.24) is 4.90 Å². The van der Waals surface area contributed by atoms with Crippen LogP contribution in [0.5, 0.6) is 23.0 Å². The number of imide groups is 2. The number of halogens is 7. The van der Waals surface area contributed by atoms with Crippen LogP contribution in [0.25, 0.3) is 6.08 Å². The second kappa shape index (κ2) is 13.6. The van der Waals surface area contributed by atoms with Crippen LogP contribution in [0.1, 0.15) is 24.0 Å². The Kier molecular flexibility index (Phi) is 9.40. The Balaban J connectivity index is 1.35. The summed E-state index contributed by atoms with van der Waals surface area (Å²) in [4.78, 5) is 52.1. The number of ether oxygens (including phenoxy) is 2. The molecule has 55 heavy (non-hydrogen) atoms. The second-order valence-corrected chi connectivity index (χ2v) is 14.9. The van der Waals surface area contributed by atoms with Crippen molar-refractivity contribution in [2.45, 2.75) is 29.0 Å². The third-order valence-corrected chi connectivity index (χ3v) is 12.3. The first-order valence-electron chi connectivity index (χ1n) is 16.8. The number of phenols is 2. The van der Waals surface area contributed by atoms with E-state index in [1.807, 2.05) is 0 Å². The fourth-order valence-corrected chi connectivity index (χ4v) is 9.11. The number of carbonyl (C=O) groups excluding carboxylic acids is 4. The first-order valence-corrected chi connectivity index (χ1v) is 17.5. The predicted molar refractivity (Wildman–Crippen MR) is 186 cm³/mol. The van der Waals surface area contributed by atoms with Crippen molar-refractivity contribution in [2.75, 3.05) is 25.7 Å². The summed E-state index contributed by atoms with van der Waals surface area (Å²) < 4.78 is 84.0. The second-order valence-electron chi connectivity index (χ2n) is 13.6. The predicted octanol–water partition coefficient (Wildman–Crippen LogP) is 6.16. The number of likely N-dealkylation sites (tertiary alicyclic amines) is 1. The molecule has 3 aromatic carbocycles. The van der Waals surface area contributed by atoms with E-state index in [-0.39, 0.29) is 58.4 Å². The third kappa shape index (κ3) is 5.48. The maximum Gasteiger partial charge on any atom is 0.258 e. The van der Waals surface area contributed by atoms with Crippen LogP contribution in [-0.4, -0.2) is 69.3 Å². The van der Waals surface area contributed by atoms with Crippen molar-refractivity contribution in [3.63, 3.8) is 0 Å². The van der Waals surface area contributed by atoms with Crippen molar-refractivity contribution in [3.05, 3.63) is 94.3 Å². The van der Waals surface area contributed by atoms with Crippen LogP contribution in [-0.2, 0) is 25.6 Å². The van der Waals surface area contributed by atoms with Gasteiger partial charge in [-0.2, -0.15) is 0 Å². The fraction of sp³-hybridized carbons (Fsp3) is 0.316. The first-order chi connectivity index (χ1) is 26.0. The van der Waals surface area contributed by atoms with Crippen LogP contribution in [0.2, 0.25) is 0 Å². The minimum atomic E-state index is -2.69. The SMILES string of the molecule is COc1cc(C=C[C@H]2C3=CC[C@@H]4C(=O)N(CCc5ccc(O)cc5)C(=O)[C@@H]4[C@@H]3C[C@@]3(Cl)C(=O)N(c4c(F)c(F)c(F)c(F)c4F)C(=O)[C@@]23Cl)cc(OC)c1O. The van der Waals surface area contributed by atoms with E-state index in [1.165, 1.54) is 50.6 Å². The Morgan fingerprint density at radius 3 is 2.00 bits per heavy atom. The van der Waals surface area contributed by atoms with Gasteiger partial charge in [0.25, 0.3) is 11.8 Å². The van der Waals surface area contributed by atoms with Gasteiger partial charge in [-0.1, -0.05) is 35.9 Å². The highest BCUT2D eigenvalue weighted by Crippen LogP contribution is 2.64. The standard InChI is InChI=1S/C38H29Cl2F5N2O8/c1-54-23-13-17(14-24(55-2)32(23)49)5-10-22-19-8-9-20-25(34(51)46(33(20)50)12-11-16-3-6-18(48)7-4-16)21(19)15-37(39)35(52)47(36(53)38(22,37)40)31-29(44)27(42)26(41)28(43)30(31)45/h3-8,10,13-14,20-22,25,48-49H,9,11-12,15H2,1-2H3/t20-,21+,22-,25-,37+,38-/m0/s1. The zero-order valence-corrected chi connectivity index (χ0v) is 30.2. The van der Waals surface area contributed by atoms with Gasteiger partial charge in [0, 0.05) is 12.5 Å². The molecule has 1 saturated carbocycles. The van der Waals surface area contributed by atoms with E-state index in [4.69, 9.17) is 32.7 Å². The molecule has 3 fully saturated rings. The van der Waals surface area contributed by atoms with E-state index < -0.39 is 98.2 Å². The van der Waals surface area contributed by atoms with E-state index in [1.54, 1.807) is 18.2 Å². The molecule has 4 aliphatic rings. The lowest BCUT2D eigenvalue weighted by molar-refractivity contribution is -0.140. The third-order valence-electron chi connectivity index (χ3n) is 10.9. The highest BCUT2D eigenvalue weighted by molar-refractivity contribution is 6.58. The number of aromatic hydroxyl groups is 2. The number of amides is 4. The van der Waals surface area contributed by atoms with Crippen molar-refractivity contribution in [2.24, 2.45) is 23.7 Å².